The molecule has 0 N–H and O–H groups in total. The Kier molecular flexibility index (Phi) is 19.7. The van der Waals surface area contributed by atoms with E-state index < -0.39 is 0 Å². The topological polar surface area (TPSA) is 0 Å². The van der Waals surface area contributed by atoms with Crippen LogP contribution in [0.4, 0.5) is 18.8 Å². The molecule has 0 bridgehead atoms. The highest BCUT2D eigenvalue weighted by atomic mass is 35.5. The van der Waals surface area contributed by atoms with Gasteiger partial charge in [-0.25, -0.2) is 0 Å². The lowest BCUT2D eigenvalue weighted by atomic mass is 10.4. The fourth-order valence-corrected chi connectivity index (χ4v) is 1.97. The Hall–Kier alpha value is -1.20. The van der Waals surface area contributed by atoms with E-state index in [1.54, 1.807) is 11.8 Å². The molecule has 6 heteroatoms. The summed E-state index contributed by atoms with van der Waals surface area (Å²) in [6.45, 7) is 0. The highest BCUT2D eigenvalue weighted by Crippen LogP contribution is 2.26. The molecule has 0 aromatic heterocycles. The molecule has 0 heterocycles. The van der Waals surface area contributed by atoms with Crippen molar-refractivity contribution in [2.75, 3.05) is 0 Å². The molecule has 0 nitrogen and oxygen atoms in total. The Bertz CT molecular complexity index is 335. The van der Waals surface area contributed by atoms with Crippen LogP contribution in [0.1, 0.15) is 0 Å². The van der Waals surface area contributed by atoms with Gasteiger partial charge in [-0.05, 0) is 24.3 Å². The van der Waals surface area contributed by atoms with E-state index in [2.05, 4.69) is 48.5 Å². The second kappa shape index (κ2) is 13.9. The van der Waals surface area contributed by atoms with Gasteiger partial charge in [0.15, 0.2) is 0 Å². The zero-order valence-corrected chi connectivity index (χ0v) is 10.9. The lowest BCUT2D eigenvalue weighted by Gasteiger charge is -1.99. The predicted molar refractivity (Wildman–Crippen MR) is 74.3 cm³/mol. The summed E-state index contributed by atoms with van der Waals surface area (Å²) in [4.78, 5) is 2.57. The average molecular weight is 303 g/mol. The third-order valence-electron chi connectivity index (χ3n) is 1.72. The molecule has 0 aliphatic rings. The molecule has 2 rings (SSSR count). The summed E-state index contributed by atoms with van der Waals surface area (Å²) < 4.78 is 0. The van der Waals surface area contributed by atoms with Crippen LogP contribution < -0.4 is 0 Å². The highest BCUT2D eigenvalue weighted by molar-refractivity contribution is 7.99. The summed E-state index contributed by atoms with van der Waals surface area (Å²) in [5.74, 6) is 0. The molecule has 18 heavy (non-hydrogen) atoms. The Morgan fingerprint density at radius 1 is 0.500 bits per heavy atom. The maximum absolute atomic E-state index is 2.12. The molecule has 0 atom stereocenters. The van der Waals surface area contributed by atoms with Gasteiger partial charge in [0.1, 0.15) is 0 Å². The van der Waals surface area contributed by atoms with Gasteiger partial charge in [0.25, 0.3) is 0 Å². The summed E-state index contributed by atoms with van der Waals surface area (Å²) >= 11 is 1.79. The van der Waals surface area contributed by atoms with Crippen molar-refractivity contribution in [3.63, 3.8) is 0 Å². The summed E-state index contributed by atoms with van der Waals surface area (Å²) in [6, 6.07) is 20.8. The first-order chi connectivity index (χ1) is 6.45. The molecule has 104 valence electrons. The first-order valence-corrected chi connectivity index (χ1v) is 5.05. The maximum atomic E-state index is 2.12. The van der Waals surface area contributed by atoms with Gasteiger partial charge >= 0.3 is 0 Å². The van der Waals surface area contributed by atoms with Crippen LogP contribution in [0.15, 0.2) is 70.5 Å². The fraction of sp³-hybridized carbons (Fsp3) is 0. The molecule has 0 spiro atoms. The third-order valence-corrected chi connectivity index (χ3v) is 2.74. The number of hydrogen-bond acceptors (Lipinski definition) is 1. The Morgan fingerprint density at radius 3 is 1.06 bits per heavy atom. The second-order valence-corrected chi connectivity index (χ2v) is 3.88. The molecule has 0 radical (unpaired) electrons. The monoisotopic (exact) mass is 302 g/mol. The van der Waals surface area contributed by atoms with Gasteiger partial charge in [0.05, 0.1) is 0 Å². The minimum absolute atomic E-state index is 0. The van der Waals surface area contributed by atoms with Crippen LogP contribution >= 0.6 is 24.2 Å². The van der Waals surface area contributed by atoms with Crippen molar-refractivity contribution < 1.29 is 18.8 Å². The van der Waals surface area contributed by atoms with Gasteiger partial charge in [0, 0.05) is 9.79 Å². The third kappa shape index (κ3) is 7.97. The Labute approximate surface area is 114 Å². The van der Waals surface area contributed by atoms with Gasteiger partial charge in [-0.1, -0.05) is 48.2 Å². The van der Waals surface area contributed by atoms with Crippen LogP contribution in [0.3, 0.4) is 0 Å². The van der Waals surface area contributed by atoms with Crippen LogP contribution in [-0.4, -0.2) is 0 Å². The SMILES string of the molecule is Cl.F.F.F.F.c1ccc(Sc2ccccc2)cc1. The lowest BCUT2D eigenvalue weighted by molar-refractivity contribution is 1.11. The van der Waals surface area contributed by atoms with E-state index in [0.29, 0.717) is 0 Å². The van der Waals surface area contributed by atoms with Crippen molar-refractivity contribution in [1.29, 1.82) is 0 Å². The van der Waals surface area contributed by atoms with Gasteiger partial charge in [-0.2, -0.15) is 0 Å². The van der Waals surface area contributed by atoms with E-state index in [-0.39, 0.29) is 31.2 Å². The number of halogens is 5. The second-order valence-electron chi connectivity index (χ2n) is 2.73. The highest BCUT2D eigenvalue weighted by Gasteiger charge is 1.93. The van der Waals surface area contributed by atoms with Crippen LogP contribution in [0.2, 0.25) is 0 Å². The van der Waals surface area contributed by atoms with Crippen molar-refractivity contribution in [1.82, 2.24) is 0 Å². The Morgan fingerprint density at radius 2 is 0.778 bits per heavy atom. The lowest BCUT2D eigenvalue weighted by Crippen LogP contribution is -1.70. The predicted octanol–water partition coefficient (Wildman–Crippen LogP) is 4.87. The maximum Gasteiger partial charge on any atom is 0.0122 e. The summed E-state index contributed by atoms with van der Waals surface area (Å²) in [5.41, 5.74) is 0. The molecule has 0 aliphatic carbocycles. The first-order valence-electron chi connectivity index (χ1n) is 4.23. The van der Waals surface area contributed by atoms with E-state index >= 15 is 0 Å². The molecule has 0 fully saturated rings. The van der Waals surface area contributed by atoms with Crippen molar-refractivity contribution in [3.8, 4) is 0 Å². The van der Waals surface area contributed by atoms with Crippen LogP contribution in [0, 0.1) is 0 Å². The van der Waals surface area contributed by atoms with Crippen molar-refractivity contribution >= 4 is 24.2 Å². The van der Waals surface area contributed by atoms with E-state index in [0.717, 1.165) is 0 Å². The molecular weight excluding hydrogens is 288 g/mol. The van der Waals surface area contributed by atoms with E-state index in [1.165, 1.54) is 9.79 Å². The van der Waals surface area contributed by atoms with Crippen LogP contribution in [0.5, 0.6) is 0 Å². The van der Waals surface area contributed by atoms with E-state index in [9.17, 15) is 0 Å². The van der Waals surface area contributed by atoms with Crippen molar-refractivity contribution in [2.45, 2.75) is 9.79 Å². The van der Waals surface area contributed by atoms with E-state index in [1.807, 2.05) is 12.1 Å². The summed E-state index contributed by atoms with van der Waals surface area (Å²) in [6.07, 6.45) is 0. The molecule has 0 saturated heterocycles. The van der Waals surface area contributed by atoms with E-state index in [4.69, 9.17) is 0 Å². The fourth-order valence-electron chi connectivity index (χ4n) is 1.11. The average Bonchev–Trinajstić information content (AvgIpc) is 2.21. The minimum Gasteiger partial charge on any atom is -0.269 e. The quantitative estimate of drug-likeness (QED) is 0.713. The number of rotatable bonds is 2. The molecule has 0 aliphatic heterocycles. The van der Waals surface area contributed by atoms with Crippen LogP contribution in [-0.2, 0) is 0 Å². The molecule has 0 amide bonds. The standard InChI is InChI=1S/C12H10S.ClH.4FH/c1-3-7-11(8-4-1)13-12-9-5-2-6-10-12;;;;;/h1-10H;5*1H. The van der Waals surface area contributed by atoms with Crippen LogP contribution in [0.25, 0.3) is 0 Å². The van der Waals surface area contributed by atoms with Gasteiger partial charge in [0.2, 0.25) is 0 Å². The smallest absolute Gasteiger partial charge is 0.0122 e. The zero-order valence-electron chi connectivity index (χ0n) is 9.22. The molecule has 0 unspecified atom stereocenters. The molecule has 2 aromatic rings. The zero-order chi connectivity index (χ0) is 8.93. The molecular formula is C12H15ClF4S. The first kappa shape index (κ1) is 25.6. The van der Waals surface area contributed by atoms with Crippen molar-refractivity contribution in [2.24, 2.45) is 0 Å². The molecule has 0 saturated carbocycles. The summed E-state index contributed by atoms with van der Waals surface area (Å²) in [7, 11) is 0. The van der Waals surface area contributed by atoms with Gasteiger partial charge < -0.3 is 0 Å². The van der Waals surface area contributed by atoms with Crippen molar-refractivity contribution in [3.05, 3.63) is 60.7 Å². The molecule has 2 aromatic carbocycles. The number of benzene rings is 2. The largest absolute Gasteiger partial charge is 0.269 e. The number of hydrogen-bond donors (Lipinski definition) is 0. The van der Waals surface area contributed by atoms with Gasteiger partial charge in [-0.3, -0.25) is 18.8 Å². The van der Waals surface area contributed by atoms with Gasteiger partial charge in [-0.15, -0.1) is 12.4 Å². The normalized spacial score (nSPS) is 7.11. The summed E-state index contributed by atoms with van der Waals surface area (Å²) in [5, 5.41) is 0. The minimum atomic E-state index is 0. The Balaban J connectivity index is -0.000000196.